The van der Waals surface area contributed by atoms with Crippen molar-refractivity contribution in [3.05, 3.63) is 0 Å². The van der Waals surface area contributed by atoms with Crippen molar-refractivity contribution in [1.29, 1.82) is 0 Å². The molecule has 5 nitrogen and oxygen atoms in total. The molecule has 1 fully saturated rings. The van der Waals surface area contributed by atoms with Crippen LogP contribution < -0.4 is 5.73 Å². The van der Waals surface area contributed by atoms with Crippen LogP contribution in [0.3, 0.4) is 0 Å². The molecule has 0 unspecified atom stereocenters. The Bertz CT molecular complexity index is 336. The molecular weight excluding hydrogens is 244 g/mol. The monoisotopic (exact) mass is 270 g/mol. The van der Waals surface area contributed by atoms with Gasteiger partial charge in [-0.2, -0.15) is 0 Å². The van der Waals surface area contributed by atoms with Gasteiger partial charge in [-0.1, -0.05) is 27.2 Å². The van der Waals surface area contributed by atoms with Crippen LogP contribution in [0.2, 0.25) is 0 Å². The Morgan fingerprint density at radius 1 is 1.32 bits per heavy atom. The summed E-state index contributed by atoms with van der Waals surface area (Å²) in [5.41, 5.74) is 5.30. The number of aliphatic carboxylic acids is 1. The van der Waals surface area contributed by atoms with Crippen LogP contribution in [0.15, 0.2) is 0 Å². The van der Waals surface area contributed by atoms with Crippen molar-refractivity contribution in [2.45, 2.75) is 52.5 Å². The van der Waals surface area contributed by atoms with Crippen LogP contribution >= 0.6 is 0 Å². The molecular formula is C14H26N2O3. The predicted octanol–water partition coefficient (Wildman–Crippen LogP) is 1.46. The first-order valence-corrected chi connectivity index (χ1v) is 7.15. The van der Waals surface area contributed by atoms with Gasteiger partial charge in [-0.15, -0.1) is 0 Å². The number of carbonyl (C=O) groups is 2. The molecule has 2 atom stereocenters. The van der Waals surface area contributed by atoms with Gasteiger partial charge in [-0.05, 0) is 25.2 Å². The van der Waals surface area contributed by atoms with Crippen molar-refractivity contribution < 1.29 is 14.7 Å². The van der Waals surface area contributed by atoms with Gasteiger partial charge >= 0.3 is 5.97 Å². The average Bonchev–Trinajstić information content (AvgIpc) is 2.44. The normalized spacial score (nSPS) is 21.8. The number of carboxylic acid groups (broad SMARTS) is 1. The van der Waals surface area contributed by atoms with Crippen molar-refractivity contribution in [3.63, 3.8) is 0 Å². The molecule has 0 aromatic heterocycles. The van der Waals surface area contributed by atoms with Gasteiger partial charge in [0.25, 0.3) is 0 Å². The maximum atomic E-state index is 12.2. The maximum Gasteiger partial charge on any atom is 0.309 e. The minimum absolute atomic E-state index is 0.0376. The Hall–Kier alpha value is -1.10. The number of carboxylic acids is 1. The minimum atomic E-state index is -0.742. The lowest BCUT2D eigenvalue weighted by Crippen LogP contribution is -2.52. The SMILES string of the molecule is CC[C@H](C)[C@H](N)C(=O)N1CCC(CC)(C(=O)O)CC1. The predicted molar refractivity (Wildman–Crippen MR) is 73.6 cm³/mol. The molecule has 0 bridgehead atoms. The van der Waals surface area contributed by atoms with Gasteiger partial charge in [0, 0.05) is 13.1 Å². The van der Waals surface area contributed by atoms with E-state index in [1.54, 1.807) is 4.90 Å². The number of nitrogens with two attached hydrogens (primary N) is 1. The first kappa shape index (κ1) is 16.0. The Labute approximate surface area is 115 Å². The summed E-state index contributed by atoms with van der Waals surface area (Å²) >= 11 is 0. The van der Waals surface area contributed by atoms with E-state index in [9.17, 15) is 14.7 Å². The van der Waals surface area contributed by atoms with Crippen LogP contribution in [0.25, 0.3) is 0 Å². The van der Waals surface area contributed by atoms with E-state index < -0.39 is 17.4 Å². The maximum absolute atomic E-state index is 12.2. The Morgan fingerprint density at radius 3 is 2.21 bits per heavy atom. The van der Waals surface area contributed by atoms with Gasteiger partial charge in [-0.3, -0.25) is 9.59 Å². The molecule has 0 aliphatic carbocycles. The fourth-order valence-electron chi connectivity index (χ4n) is 2.58. The van der Waals surface area contributed by atoms with Crippen LogP contribution in [-0.2, 0) is 9.59 Å². The van der Waals surface area contributed by atoms with Gasteiger partial charge < -0.3 is 15.7 Å². The first-order chi connectivity index (χ1) is 8.88. The lowest BCUT2D eigenvalue weighted by atomic mass is 9.76. The van der Waals surface area contributed by atoms with Crippen molar-refractivity contribution in [2.75, 3.05) is 13.1 Å². The van der Waals surface area contributed by atoms with Crippen LogP contribution in [0, 0.1) is 11.3 Å². The summed E-state index contributed by atoms with van der Waals surface area (Å²) in [4.78, 5) is 25.3. The van der Waals surface area contributed by atoms with E-state index in [0.717, 1.165) is 6.42 Å². The lowest BCUT2D eigenvalue weighted by molar-refractivity contribution is -0.155. The number of hydrogen-bond acceptors (Lipinski definition) is 3. The number of nitrogens with zero attached hydrogens (tertiary/aromatic N) is 1. The van der Waals surface area contributed by atoms with E-state index in [1.165, 1.54) is 0 Å². The number of carbonyl (C=O) groups excluding carboxylic acids is 1. The fourth-order valence-corrected chi connectivity index (χ4v) is 2.58. The Balaban J connectivity index is 2.63. The third-order valence-electron chi connectivity index (χ3n) is 4.70. The van der Waals surface area contributed by atoms with Crippen LogP contribution in [0.4, 0.5) is 0 Å². The molecule has 0 aromatic rings. The molecule has 1 aliphatic heterocycles. The van der Waals surface area contributed by atoms with Crippen molar-refractivity contribution in [2.24, 2.45) is 17.1 Å². The molecule has 0 saturated carbocycles. The van der Waals surface area contributed by atoms with E-state index >= 15 is 0 Å². The molecule has 19 heavy (non-hydrogen) atoms. The number of likely N-dealkylation sites (tertiary alicyclic amines) is 1. The highest BCUT2D eigenvalue weighted by Gasteiger charge is 2.41. The average molecular weight is 270 g/mol. The second-order valence-corrected chi connectivity index (χ2v) is 5.68. The number of hydrogen-bond donors (Lipinski definition) is 2. The van der Waals surface area contributed by atoms with E-state index in [0.29, 0.717) is 32.4 Å². The molecule has 1 aliphatic rings. The van der Waals surface area contributed by atoms with Gasteiger partial charge in [0.1, 0.15) is 0 Å². The van der Waals surface area contributed by atoms with Crippen molar-refractivity contribution >= 4 is 11.9 Å². The summed E-state index contributed by atoms with van der Waals surface area (Å²) in [6.45, 7) is 6.89. The third kappa shape index (κ3) is 3.26. The summed E-state index contributed by atoms with van der Waals surface area (Å²) in [5.74, 6) is -0.623. The van der Waals surface area contributed by atoms with E-state index in [-0.39, 0.29) is 11.8 Å². The molecule has 1 saturated heterocycles. The molecule has 1 amide bonds. The standard InChI is InChI=1S/C14H26N2O3/c1-4-10(3)11(15)12(17)16-8-6-14(5-2,7-9-16)13(18)19/h10-11H,4-9,15H2,1-3H3,(H,18,19)/t10-,11-/m0/s1. The Morgan fingerprint density at radius 2 is 1.84 bits per heavy atom. The first-order valence-electron chi connectivity index (χ1n) is 7.15. The second-order valence-electron chi connectivity index (χ2n) is 5.68. The zero-order valence-corrected chi connectivity index (χ0v) is 12.2. The van der Waals surface area contributed by atoms with Crippen LogP contribution in [0.1, 0.15) is 46.5 Å². The zero-order chi connectivity index (χ0) is 14.6. The van der Waals surface area contributed by atoms with E-state index in [2.05, 4.69) is 0 Å². The number of piperidine rings is 1. The molecule has 3 N–H and O–H groups in total. The van der Waals surface area contributed by atoms with Gasteiger partial charge in [0.15, 0.2) is 0 Å². The molecule has 1 heterocycles. The van der Waals surface area contributed by atoms with Crippen LogP contribution in [0.5, 0.6) is 0 Å². The highest BCUT2D eigenvalue weighted by Crippen LogP contribution is 2.35. The van der Waals surface area contributed by atoms with Gasteiger partial charge in [0.2, 0.25) is 5.91 Å². The zero-order valence-electron chi connectivity index (χ0n) is 12.2. The molecule has 0 spiro atoms. The largest absolute Gasteiger partial charge is 0.481 e. The lowest BCUT2D eigenvalue weighted by Gasteiger charge is -2.39. The Kier molecular flexibility index (Phi) is 5.35. The highest BCUT2D eigenvalue weighted by molar-refractivity contribution is 5.82. The minimum Gasteiger partial charge on any atom is -0.481 e. The summed E-state index contributed by atoms with van der Waals surface area (Å²) in [6, 6.07) is -0.469. The van der Waals surface area contributed by atoms with Crippen LogP contribution in [-0.4, -0.2) is 41.0 Å². The smallest absolute Gasteiger partial charge is 0.309 e. The fraction of sp³-hybridized carbons (Fsp3) is 0.857. The summed E-state index contributed by atoms with van der Waals surface area (Å²) in [6.07, 6.45) is 2.53. The topological polar surface area (TPSA) is 83.6 Å². The van der Waals surface area contributed by atoms with Crippen molar-refractivity contribution in [1.82, 2.24) is 4.90 Å². The quantitative estimate of drug-likeness (QED) is 0.792. The summed E-state index contributed by atoms with van der Waals surface area (Å²) in [5, 5.41) is 9.32. The van der Waals surface area contributed by atoms with E-state index in [4.69, 9.17) is 5.73 Å². The molecule has 0 radical (unpaired) electrons. The molecule has 0 aromatic carbocycles. The van der Waals surface area contributed by atoms with E-state index in [1.807, 2.05) is 20.8 Å². The summed E-state index contributed by atoms with van der Waals surface area (Å²) < 4.78 is 0. The van der Waals surface area contributed by atoms with Crippen molar-refractivity contribution in [3.8, 4) is 0 Å². The highest BCUT2D eigenvalue weighted by atomic mass is 16.4. The number of amides is 1. The second kappa shape index (κ2) is 6.37. The molecule has 1 rings (SSSR count). The summed E-state index contributed by atoms with van der Waals surface area (Å²) in [7, 11) is 0. The third-order valence-corrected chi connectivity index (χ3v) is 4.70. The molecule has 5 heteroatoms. The van der Waals surface area contributed by atoms with Gasteiger partial charge in [-0.25, -0.2) is 0 Å². The molecule has 110 valence electrons. The van der Waals surface area contributed by atoms with Gasteiger partial charge in [0.05, 0.1) is 11.5 Å². The number of rotatable bonds is 5.